The van der Waals surface area contributed by atoms with Gasteiger partial charge in [-0.2, -0.15) is 0 Å². The van der Waals surface area contributed by atoms with Crippen molar-refractivity contribution >= 4 is 15.7 Å². The van der Waals surface area contributed by atoms with Gasteiger partial charge in [-0.15, -0.1) is 0 Å². The van der Waals surface area contributed by atoms with E-state index in [4.69, 9.17) is 0 Å². The van der Waals surface area contributed by atoms with Crippen LogP contribution >= 0.6 is 0 Å². The van der Waals surface area contributed by atoms with E-state index in [2.05, 4.69) is 28.4 Å². The van der Waals surface area contributed by atoms with Crippen LogP contribution in [-0.4, -0.2) is 50.4 Å². The predicted molar refractivity (Wildman–Crippen MR) is 82.7 cm³/mol. The molecule has 1 atom stereocenters. The molecular weight excluding hydrogens is 288 g/mol. The molecule has 1 amide bonds. The van der Waals surface area contributed by atoms with Crippen molar-refractivity contribution in [2.24, 2.45) is 0 Å². The maximum atomic E-state index is 11.6. The van der Waals surface area contributed by atoms with Crippen LogP contribution in [0.4, 0.5) is 0 Å². The molecule has 0 aromatic heterocycles. The summed E-state index contributed by atoms with van der Waals surface area (Å²) in [5.41, 5.74) is 2.72. The molecule has 0 aliphatic carbocycles. The monoisotopic (exact) mass is 310 g/mol. The molecule has 21 heavy (non-hydrogen) atoms. The molecule has 0 fully saturated rings. The Kier molecular flexibility index (Phi) is 5.00. The second kappa shape index (κ2) is 6.58. The van der Waals surface area contributed by atoms with Gasteiger partial charge in [-0.25, -0.2) is 8.42 Å². The Morgan fingerprint density at radius 3 is 2.67 bits per heavy atom. The molecule has 1 aliphatic rings. The van der Waals surface area contributed by atoms with E-state index in [1.165, 1.54) is 11.1 Å². The fraction of sp³-hybridized carbons (Fsp3) is 0.533. The number of amides is 1. The number of hydrogen-bond donors (Lipinski definition) is 1. The van der Waals surface area contributed by atoms with Gasteiger partial charge in [0.2, 0.25) is 5.91 Å². The number of nitrogens with one attached hydrogen (secondary N) is 1. The Balaban J connectivity index is 1.84. The maximum Gasteiger partial charge on any atom is 0.235 e. The van der Waals surface area contributed by atoms with E-state index in [0.29, 0.717) is 0 Å². The third-order valence-corrected chi connectivity index (χ3v) is 4.33. The fourth-order valence-electron chi connectivity index (χ4n) is 2.70. The van der Waals surface area contributed by atoms with Crippen LogP contribution in [0.3, 0.4) is 0 Å². The highest BCUT2D eigenvalue weighted by molar-refractivity contribution is 7.91. The van der Waals surface area contributed by atoms with Crippen LogP contribution in [0.1, 0.15) is 18.1 Å². The van der Waals surface area contributed by atoms with Gasteiger partial charge in [-0.3, -0.25) is 9.69 Å². The highest BCUT2D eigenvalue weighted by Crippen LogP contribution is 2.18. The molecule has 5 nitrogen and oxygen atoms in total. The minimum Gasteiger partial charge on any atom is -0.351 e. The molecule has 1 heterocycles. The lowest BCUT2D eigenvalue weighted by atomic mass is 10.00. The summed E-state index contributed by atoms with van der Waals surface area (Å²) in [5.74, 6) is -0.873. The first-order valence-corrected chi connectivity index (χ1v) is 9.16. The van der Waals surface area contributed by atoms with Gasteiger partial charge in [0.15, 0.2) is 9.84 Å². The number of rotatable bonds is 5. The fourth-order valence-corrected chi connectivity index (χ4v) is 3.26. The zero-order valence-electron chi connectivity index (χ0n) is 12.5. The van der Waals surface area contributed by atoms with Crippen molar-refractivity contribution in [3.63, 3.8) is 0 Å². The van der Waals surface area contributed by atoms with Gasteiger partial charge in [-0.05, 0) is 24.5 Å². The van der Waals surface area contributed by atoms with E-state index in [1.54, 1.807) is 0 Å². The number of carbonyl (C=O) groups excluding carboxylic acids is 1. The summed E-state index contributed by atoms with van der Waals surface area (Å²) in [6.45, 7) is 4.47. The number of sulfone groups is 1. The summed E-state index contributed by atoms with van der Waals surface area (Å²) in [4.78, 5) is 13.9. The summed E-state index contributed by atoms with van der Waals surface area (Å²) >= 11 is 0. The summed E-state index contributed by atoms with van der Waals surface area (Å²) in [6.07, 6.45) is 2.08. The Bertz CT molecular complexity index is 613. The van der Waals surface area contributed by atoms with E-state index >= 15 is 0 Å². The van der Waals surface area contributed by atoms with Crippen molar-refractivity contribution < 1.29 is 13.2 Å². The van der Waals surface area contributed by atoms with Gasteiger partial charge in [-0.1, -0.05) is 24.3 Å². The zero-order valence-corrected chi connectivity index (χ0v) is 13.3. The molecule has 1 aliphatic heterocycles. The minimum atomic E-state index is -3.27. The molecule has 0 spiro atoms. The van der Waals surface area contributed by atoms with Crippen LogP contribution in [0.15, 0.2) is 24.3 Å². The standard InChI is InChI=1S/C15H22N2O3S/c1-12(16-15(18)11-21(2,19)20)9-17-8-7-13-5-3-4-6-14(13)10-17/h3-6,12H,7-11H2,1-2H3,(H,16,18)/t12-/m1/s1. The average Bonchev–Trinajstić information content (AvgIpc) is 2.35. The average molecular weight is 310 g/mol. The maximum absolute atomic E-state index is 11.6. The largest absolute Gasteiger partial charge is 0.351 e. The van der Waals surface area contributed by atoms with Crippen molar-refractivity contribution in [1.82, 2.24) is 10.2 Å². The smallest absolute Gasteiger partial charge is 0.235 e. The number of nitrogens with zero attached hydrogens (tertiary/aromatic N) is 1. The molecule has 2 rings (SSSR count). The summed E-state index contributed by atoms with van der Waals surface area (Å²) in [5, 5.41) is 2.75. The molecule has 0 bridgehead atoms. The van der Waals surface area contributed by atoms with E-state index in [-0.39, 0.29) is 6.04 Å². The lowest BCUT2D eigenvalue weighted by Crippen LogP contribution is -2.45. The van der Waals surface area contributed by atoms with E-state index in [0.717, 1.165) is 32.3 Å². The first-order chi connectivity index (χ1) is 9.83. The van der Waals surface area contributed by atoms with Crippen LogP contribution in [-0.2, 0) is 27.6 Å². The molecule has 1 N–H and O–H groups in total. The van der Waals surface area contributed by atoms with Crippen molar-refractivity contribution in [3.8, 4) is 0 Å². The van der Waals surface area contributed by atoms with Crippen LogP contribution in [0.5, 0.6) is 0 Å². The van der Waals surface area contributed by atoms with Gasteiger partial charge in [0.1, 0.15) is 5.75 Å². The van der Waals surface area contributed by atoms with Gasteiger partial charge in [0.25, 0.3) is 0 Å². The molecule has 0 radical (unpaired) electrons. The number of carbonyl (C=O) groups is 1. The molecule has 1 aromatic rings. The first kappa shape index (κ1) is 16.0. The number of benzene rings is 1. The summed E-state index contributed by atoms with van der Waals surface area (Å²) in [7, 11) is -3.27. The van der Waals surface area contributed by atoms with Gasteiger partial charge < -0.3 is 5.32 Å². The van der Waals surface area contributed by atoms with Gasteiger partial charge in [0.05, 0.1) is 0 Å². The highest BCUT2D eigenvalue weighted by Gasteiger charge is 2.19. The SMILES string of the molecule is C[C@H](CN1CCc2ccccc2C1)NC(=O)CS(C)(=O)=O. The lowest BCUT2D eigenvalue weighted by Gasteiger charge is -2.31. The highest BCUT2D eigenvalue weighted by atomic mass is 32.2. The number of fused-ring (bicyclic) bond motifs is 1. The summed E-state index contributed by atoms with van der Waals surface area (Å²) < 4.78 is 22.2. The van der Waals surface area contributed by atoms with E-state index in [1.807, 2.05) is 13.0 Å². The lowest BCUT2D eigenvalue weighted by molar-refractivity contribution is -0.119. The Hall–Kier alpha value is -1.40. The number of hydrogen-bond acceptors (Lipinski definition) is 4. The minimum absolute atomic E-state index is 0.0653. The Morgan fingerprint density at radius 1 is 1.33 bits per heavy atom. The van der Waals surface area contributed by atoms with Gasteiger partial charge in [0, 0.05) is 31.9 Å². The molecule has 0 saturated heterocycles. The third kappa shape index (κ3) is 5.13. The van der Waals surface area contributed by atoms with Crippen molar-refractivity contribution in [2.45, 2.75) is 25.9 Å². The van der Waals surface area contributed by atoms with Crippen LogP contribution < -0.4 is 5.32 Å². The topological polar surface area (TPSA) is 66.5 Å². The van der Waals surface area contributed by atoms with E-state index < -0.39 is 21.5 Å². The van der Waals surface area contributed by atoms with Gasteiger partial charge >= 0.3 is 0 Å². The Morgan fingerprint density at radius 2 is 2.00 bits per heavy atom. The molecule has 1 aromatic carbocycles. The quantitative estimate of drug-likeness (QED) is 0.864. The Labute approximate surface area is 126 Å². The molecular formula is C15H22N2O3S. The zero-order chi connectivity index (χ0) is 15.5. The van der Waals surface area contributed by atoms with Crippen LogP contribution in [0.2, 0.25) is 0 Å². The molecule has 116 valence electrons. The molecule has 6 heteroatoms. The normalized spacial score (nSPS) is 17.0. The molecule has 0 saturated carbocycles. The third-order valence-electron chi connectivity index (χ3n) is 3.54. The first-order valence-electron chi connectivity index (χ1n) is 7.10. The second-order valence-electron chi connectivity index (χ2n) is 5.79. The van der Waals surface area contributed by atoms with Crippen molar-refractivity contribution in [2.75, 3.05) is 25.1 Å². The van der Waals surface area contributed by atoms with Crippen molar-refractivity contribution in [3.05, 3.63) is 35.4 Å². The molecule has 0 unspecified atom stereocenters. The summed E-state index contributed by atoms with van der Waals surface area (Å²) in [6, 6.07) is 8.32. The van der Waals surface area contributed by atoms with E-state index in [9.17, 15) is 13.2 Å². The van der Waals surface area contributed by atoms with Crippen LogP contribution in [0.25, 0.3) is 0 Å². The predicted octanol–water partition coefficient (Wildman–Crippen LogP) is 0.594. The van der Waals surface area contributed by atoms with Crippen molar-refractivity contribution in [1.29, 1.82) is 0 Å². The van der Waals surface area contributed by atoms with Crippen LogP contribution in [0, 0.1) is 0 Å². The second-order valence-corrected chi connectivity index (χ2v) is 7.93.